The van der Waals surface area contributed by atoms with Crippen LogP contribution < -0.4 is 5.32 Å². The molecule has 2 atom stereocenters. The zero-order valence-corrected chi connectivity index (χ0v) is 15.1. The van der Waals surface area contributed by atoms with Gasteiger partial charge in [-0.05, 0) is 39.5 Å². The molecule has 1 aliphatic carbocycles. The predicted octanol–water partition coefficient (Wildman–Crippen LogP) is 2.89. The van der Waals surface area contributed by atoms with Gasteiger partial charge < -0.3 is 10.1 Å². The molecule has 0 saturated heterocycles. The quantitative estimate of drug-likeness (QED) is 0.698. The number of nitrogens with zero attached hydrogens (tertiary/aromatic N) is 6. The lowest BCUT2D eigenvalue weighted by atomic mass is 10.2. The molecule has 1 N–H and O–H groups in total. The highest BCUT2D eigenvalue weighted by Gasteiger charge is 2.28. The summed E-state index contributed by atoms with van der Waals surface area (Å²) in [5, 5.41) is 11.7. The first kappa shape index (κ1) is 16.9. The van der Waals surface area contributed by atoms with E-state index < -0.39 is 5.82 Å². The van der Waals surface area contributed by atoms with Gasteiger partial charge in [0.1, 0.15) is 18.2 Å². The maximum Gasteiger partial charge on any atom is 0.243 e. The third-order valence-corrected chi connectivity index (χ3v) is 4.67. The van der Waals surface area contributed by atoms with E-state index in [1.54, 1.807) is 17.1 Å². The smallest absolute Gasteiger partial charge is 0.243 e. The van der Waals surface area contributed by atoms with Crippen molar-refractivity contribution in [1.82, 2.24) is 29.4 Å². The van der Waals surface area contributed by atoms with Crippen molar-refractivity contribution in [2.24, 2.45) is 5.92 Å². The van der Waals surface area contributed by atoms with E-state index in [2.05, 4.69) is 32.4 Å². The van der Waals surface area contributed by atoms with Gasteiger partial charge in [0.2, 0.25) is 5.95 Å². The van der Waals surface area contributed by atoms with Crippen molar-refractivity contribution in [2.75, 3.05) is 11.9 Å². The van der Waals surface area contributed by atoms with Crippen LogP contribution in [-0.4, -0.2) is 42.0 Å². The van der Waals surface area contributed by atoms with Crippen molar-refractivity contribution < 1.29 is 9.13 Å². The highest BCUT2D eigenvalue weighted by atomic mass is 19.1. The van der Waals surface area contributed by atoms with E-state index in [-0.39, 0.29) is 23.6 Å². The van der Waals surface area contributed by atoms with Gasteiger partial charge in [0.15, 0.2) is 11.5 Å². The Balaban J connectivity index is 1.62. The Morgan fingerprint density at radius 1 is 1.38 bits per heavy atom. The molecule has 3 aromatic rings. The molecule has 0 radical (unpaired) electrons. The third kappa shape index (κ3) is 3.14. The number of hydrogen-bond donors (Lipinski definition) is 1. The van der Waals surface area contributed by atoms with E-state index in [0.717, 1.165) is 0 Å². The maximum atomic E-state index is 15.0. The summed E-state index contributed by atoms with van der Waals surface area (Å²) in [6.45, 7) is 6.46. The van der Waals surface area contributed by atoms with Gasteiger partial charge in [-0.15, -0.1) is 5.10 Å². The van der Waals surface area contributed by atoms with E-state index in [1.165, 1.54) is 23.7 Å². The fraction of sp³-hybridized carbons (Fsp3) is 0.529. The first-order valence-electron chi connectivity index (χ1n) is 8.90. The van der Waals surface area contributed by atoms with Crippen LogP contribution in [0.3, 0.4) is 0 Å². The van der Waals surface area contributed by atoms with Crippen molar-refractivity contribution in [3.05, 3.63) is 24.5 Å². The minimum atomic E-state index is -0.518. The van der Waals surface area contributed by atoms with Crippen molar-refractivity contribution >= 4 is 11.6 Å². The average molecular weight is 359 g/mol. The number of nitrogens with one attached hydrogen (secondary N) is 1. The van der Waals surface area contributed by atoms with Gasteiger partial charge in [-0.2, -0.15) is 14.6 Å². The normalized spacial score (nSPS) is 16.8. The van der Waals surface area contributed by atoms with Crippen LogP contribution in [0.2, 0.25) is 0 Å². The lowest BCUT2D eigenvalue weighted by Crippen LogP contribution is -2.18. The van der Waals surface area contributed by atoms with Crippen LogP contribution in [0.25, 0.3) is 16.9 Å². The first-order valence-corrected chi connectivity index (χ1v) is 8.90. The monoisotopic (exact) mass is 359 g/mol. The molecule has 9 heteroatoms. The van der Waals surface area contributed by atoms with E-state index >= 15 is 0 Å². The number of halogens is 1. The molecule has 1 fully saturated rings. The Labute approximate surface area is 150 Å². The van der Waals surface area contributed by atoms with Gasteiger partial charge in [-0.25, -0.2) is 14.1 Å². The van der Waals surface area contributed by atoms with Gasteiger partial charge in [0.25, 0.3) is 0 Å². The van der Waals surface area contributed by atoms with E-state index in [4.69, 9.17) is 4.74 Å². The average Bonchev–Trinajstić information content (AvgIpc) is 3.21. The third-order valence-electron chi connectivity index (χ3n) is 4.67. The van der Waals surface area contributed by atoms with Crippen LogP contribution in [-0.2, 0) is 4.74 Å². The van der Waals surface area contributed by atoms with E-state index in [1.807, 2.05) is 13.8 Å². The number of fused-ring (bicyclic) bond motifs is 1. The second kappa shape index (κ2) is 6.64. The van der Waals surface area contributed by atoms with Crippen LogP contribution >= 0.6 is 0 Å². The Morgan fingerprint density at radius 3 is 2.92 bits per heavy atom. The standard InChI is InChI=1S/C17H22FN7O/c1-4-26-11(3)24-8-13(7-20-24)15-14(18)16-22-17(23-25(16)9-19-15)21-10(2)12-5-6-12/h7-12H,4-6H2,1-3H3,(H,21,23)/t10-,11?/m1/s1. The highest BCUT2D eigenvalue weighted by molar-refractivity contribution is 5.63. The summed E-state index contributed by atoms with van der Waals surface area (Å²) in [5.74, 6) is 0.553. The van der Waals surface area contributed by atoms with Crippen molar-refractivity contribution in [2.45, 2.75) is 45.9 Å². The molecule has 0 amide bonds. The minimum Gasteiger partial charge on any atom is -0.357 e. The lowest BCUT2D eigenvalue weighted by Gasteiger charge is -2.11. The zero-order chi connectivity index (χ0) is 18.3. The molecule has 3 heterocycles. The Bertz CT molecular complexity index is 917. The maximum absolute atomic E-state index is 15.0. The Morgan fingerprint density at radius 2 is 2.19 bits per heavy atom. The van der Waals surface area contributed by atoms with Gasteiger partial charge in [0, 0.05) is 24.4 Å². The summed E-state index contributed by atoms with van der Waals surface area (Å²) < 4.78 is 23.4. The first-order chi connectivity index (χ1) is 12.6. The second-order valence-electron chi connectivity index (χ2n) is 6.64. The van der Waals surface area contributed by atoms with Crippen molar-refractivity contribution in [1.29, 1.82) is 0 Å². The SMILES string of the molecule is CCOC(C)n1cc(-c2ncn3nc(N[C@H](C)C4CC4)nc3c2F)cn1. The Hall–Kier alpha value is -2.55. The summed E-state index contributed by atoms with van der Waals surface area (Å²) in [4.78, 5) is 8.49. The number of ether oxygens (including phenoxy) is 1. The molecule has 1 saturated carbocycles. The van der Waals surface area contributed by atoms with Gasteiger partial charge in [-0.3, -0.25) is 0 Å². The molecule has 1 unspecified atom stereocenters. The molecule has 26 heavy (non-hydrogen) atoms. The van der Waals surface area contributed by atoms with Gasteiger partial charge in [-0.1, -0.05) is 0 Å². The number of aromatic nitrogens is 6. The lowest BCUT2D eigenvalue weighted by molar-refractivity contribution is 0.0160. The molecule has 0 bridgehead atoms. The van der Waals surface area contributed by atoms with E-state index in [0.29, 0.717) is 24.0 Å². The number of hydrogen-bond acceptors (Lipinski definition) is 6. The second-order valence-corrected chi connectivity index (χ2v) is 6.64. The van der Waals surface area contributed by atoms with Crippen LogP contribution in [0.5, 0.6) is 0 Å². The number of anilines is 1. The van der Waals surface area contributed by atoms with Gasteiger partial charge in [0.05, 0.1) is 6.20 Å². The molecule has 1 aliphatic rings. The summed E-state index contributed by atoms with van der Waals surface area (Å²) in [5.41, 5.74) is 0.910. The summed E-state index contributed by atoms with van der Waals surface area (Å²) in [6, 6.07) is 0.279. The van der Waals surface area contributed by atoms with Crippen molar-refractivity contribution in [3.63, 3.8) is 0 Å². The van der Waals surface area contributed by atoms with E-state index in [9.17, 15) is 4.39 Å². The summed E-state index contributed by atoms with van der Waals surface area (Å²) in [7, 11) is 0. The molecule has 138 valence electrons. The molecule has 3 aromatic heterocycles. The number of rotatable bonds is 7. The largest absolute Gasteiger partial charge is 0.357 e. The predicted molar refractivity (Wildman–Crippen MR) is 94.1 cm³/mol. The van der Waals surface area contributed by atoms with Crippen LogP contribution in [0, 0.1) is 11.7 Å². The van der Waals surface area contributed by atoms with Crippen molar-refractivity contribution in [3.8, 4) is 11.3 Å². The molecule has 0 spiro atoms. The summed E-state index contributed by atoms with van der Waals surface area (Å²) >= 11 is 0. The van der Waals surface area contributed by atoms with Gasteiger partial charge >= 0.3 is 0 Å². The molecular formula is C17H22FN7O. The Kier molecular flexibility index (Phi) is 4.31. The summed E-state index contributed by atoms with van der Waals surface area (Å²) in [6.07, 6.45) is 6.96. The fourth-order valence-electron chi connectivity index (χ4n) is 2.99. The zero-order valence-electron chi connectivity index (χ0n) is 15.1. The molecular weight excluding hydrogens is 337 g/mol. The fourth-order valence-corrected chi connectivity index (χ4v) is 2.99. The molecule has 0 aromatic carbocycles. The molecule has 8 nitrogen and oxygen atoms in total. The topological polar surface area (TPSA) is 82.2 Å². The highest BCUT2D eigenvalue weighted by Crippen LogP contribution is 2.33. The van der Waals surface area contributed by atoms with Crippen LogP contribution in [0.4, 0.5) is 10.3 Å². The minimum absolute atomic E-state index is 0.145. The molecule has 0 aliphatic heterocycles. The molecule has 4 rings (SSSR count). The van der Waals surface area contributed by atoms with Crippen LogP contribution in [0.1, 0.15) is 39.8 Å². The van der Waals surface area contributed by atoms with Crippen LogP contribution in [0.15, 0.2) is 18.7 Å².